The Morgan fingerprint density at radius 1 is 1.16 bits per heavy atom. The third kappa shape index (κ3) is 4.81. The Labute approximate surface area is 148 Å². The Balaban J connectivity index is 1.66. The van der Waals surface area contributed by atoms with Gasteiger partial charge in [0.15, 0.2) is 6.29 Å². The quantitative estimate of drug-likeness (QED) is 0.860. The molecule has 1 aliphatic rings. The predicted octanol–water partition coefficient (Wildman–Crippen LogP) is 4.15. The second kappa shape index (κ2) is 8.65. The van der Waals surface area contributed by atoms with Crippen LogP contribution in [0.1, 0.15) is 24.8 Å². The molecule has 3 rings (SSSR count). The molecule has 0 saturated carbocycles. The highest BCUT2D eigenvalue weighted by molar-refractivity contribution is 5.94. The number of para-hydroxylation sites is 1. The van der Waals surface area contributed by atoms with Gasteiger partial charge >= 0.3 is 6.03 Å². The molecule has 132 valence electrons. The van der Waals surface area contributed by atoms with Crippen LogP contribution in [-0.2, 0) is 16.1 Å². The fourth-order valence-corrected chi connectivity index (χ4v) is 2.84. The summed E-state index contributed by atoms with van der Waals surface area (Å²) in [5.41, 5.74) is 3.91. The zero-order valence-corrected chi connectivity index (χ0v) is 14.5. The molecule has 2 aromatic rings. The van der Waals surface area contributed by atoms with Crippen molar-refractivity contribution in [2.45, 2.75) is 32.2 Å². The van der Waals surface area contributed by atoms with Crippen molar-refractivity contribution in [3.8, 4) is 11.1 Å². The Hall–Kier alpha value is -2.37. The maximum Gasteiger partial charge on any atom is 0.318 e. The van der Waals surface area contributed by atoms with Gasteiger partial charge in [-0.15, -0.1) is 0 Å². The molecule has 2 amide bonds. The van der Waals surface area contributed by atoms with Crippen molar-refractivity contribution in [1.29, 1.82) is 0 Å². The molecule has 0 aliphatic carbocycles. The fourth-order valence-electron chi connectivity index (χ4n) is 2.84. The summed E-state index contributed by atoms with van der Waals surface area (Å²) in [7, 11) is 1.60. The minimum absolute atomic E-state index is 0.0779. The van der Waals surface area contributed by atoms with Crippen LogP contribution in [0.2, 0.25) is 0 Å². The second-order valence-corrected chi connectivity index (χ2v) is 6.05. The van der Waals surface area contributed by atoms with E-state index in [2.05, 4.69) is 22.8 Å². The van der Waals surface area contributed by atoms with Gasteiger partial charge in [-0.2, -0.15) is 0 Å². The highest BCUT2D eigenvalue weighted by Gasteiger charge is 2.14. The van der Waals surface area contributed by atoms with Crippen molar-refractivity contribution in [3.05, 3.63) is 54.1 Å². The van der Waals surface area contributed by atoms with Crippen molar-refractivity contribution in [2.24, 2.45) is 0 Å². The van der Waals surface area contributed by atoms with Crippen LogP contribution in [-0.4, -0.2) is 26.0 Å². The van der Waals surface area contributed by atoms with E-state index < -0.39 is 0 Å². The highest BCUT2D eigenvalue weighted by Crippen LogP contribution is 2.28. The van der Waals surface area contributed by atoms with Crippen LogP contribution in [0.15, 0.2) is 48.5 Å². The molecule has 1 unspecified atom stereocenters. The molecule has 2 aromatic carbocycles. The van der Waals surface area contributed by atoms with E-state index in [1.807, 2.05) is 36.4 Å². The monoisotopic (exact) mass is 340 g/mol. The van der Waals surface area contributed by atoms with Gasteiger partial charge in [-0.1, -0.05) is 42.5 Å². The van der Waals surface area contributed by atoms with Crippen LogP contribution < -0.4 is 10.6 Å². The van der Waals surface area contributed by atoms with Crippen LogP contribution in [0.4, 0.5) is 10.5 Å². The maximum absolute atomic E-state index is 11.6. The molecule has 0 aromatic heterocycles. The van der Waals surface area contributed by atoms with Crippen LogP contribution in [0.25, 0.3) is 11.1 Å². The molecule has 0 radical (unpaired) electrons. The average molecular weight is 340 g/mol. The average Bonchev–Trinajstić information content (AvgIpc) is 2.68. The molecule has 1 fully saturated rings. The van der Waals surface area contributed by atoms with Gasteiger partial charge in [0.1, 0.15) is 0 Å². The van der Waals surface area contributed by atoms with Gasteiger partial charge in [0, 0.05) is 19.2 Å². The summed E-state index contributed by atoms with van der Waals surface area (Å²) < 4.78 is 11.4. The van der Waals surface area contributed by atoms with Crippen LogP contribution in [0.3, 0.4) is 0 Å². The van der Waals surface area contributed by atoms with Crippen LogP contribution in [0.5, 0.6) is 0 Å². The van der Waals surface area contributed by atoms with Crippen molar-refractivity contribution < 1.29 is 14.3 Å². The SMILES string of the molecule is CNC(=O)Nc1ccccc1-c1ccc(COC2CCCCO2)cc1. The molecule has 1 heterocycles. The van der Waals surface area contributed by atoms with E-state index in [0.717, 1.165) is 41.8 Å². The fraction of sp³-hybridized carbons (Fsp3) is 0.350. The molecule has 5 nitrogen and oxygen atoms in total. The zero-order chi connectivity index (χ0) is 17.5. The third-order valence-electron chi connectivity index (χ3n) is 4.24. The van der Waals surface area contributed by atoms with Gasteiger partial charge in [0.2, 0.25) is 0 Å². The maximum atomic E-state index is 11.6. The zero-order valence-electron chi connectivity index (χ0n) is 14.5. The van der Waals surface area contributed by atoms with Crippen molar-refractivity contribution in [3.63, 3.8) is 0 Å². The van der Waals surface area contributed by atoms with Gasteiger partial charge in [-0.3, -0.25) is 0 Å². The van der Waals surface area contributed by atoms with E-state index in [1.165, 1.54) is 6.42 Å². The lowest BCUT2D eigenvalue weighted by atomic mass is 10.0. The lowest BCUT2D eigenvalue weighted by molar-refractivity contribution is -0.168. The number of amides is 2. The van der Waals surface area contributed by atoms with Gasteiger partial charge in [0.25, 0.3) is 0 Å². The lowest BCUT2D eigenvalue weighted by Gasteiger charge is -2.22. The topological polar surface area (TPSA) is 59.6 Å². The number of ether oxygens (including phenoxy) is 2. The van der Waals surface area contributed by atoms with E-state index >= 15 is 0 Å². The number of nitrogens with one attached hydrogen (secondary N) is 2. The molecule has 0 spiro atoms. The number of hydrogen-bond donors (Lipinski definition) is 2. The first-order chi connectivity index (χ1) is 12.3. The van der Waals surface area contributed by atoms with Gasteiger partial charge in [0.05, 0.1) is 12.3 Å². The largest absolute Gasteiger partial charge is 0.353 e. The summed E-state index contributed by atoms with van der Waals surface area (Å²) >= 11 is 0. The number of rotatable bonds is 5. The Kier molecular flexibility index (Phi) is 6.04. The summed E-state index contributed by atoms with van der Waals surface area (Å²) in [5.74, 6) is 0. The number of anilines is 1. The standard InChI is InChI=1S/C20H24N2O3/c1-21-20(23)22-18-7-3-2-6-17(18)16-11-9-15(10-12-16)14-25-19-8-4-5-13-24-19/h2-3,6-7,9-12,19H,4-5,8,13-14H2,1H3,(H2,21,22,23). The number of hydrogen-bond acceptors (Lipinski definition) is 3. The van der Waals surface area contributed by atoms with Crippen LogP contribution >= 0.6 is 0 Å². The van der Waals surface area contributed by atoms with E-state index in [1.54, 1.807) is 7.05 Å². The van der Waals surface area contributed by atoms with Crippen molar-refractivity contribution in [2.75, 3.05) is 19.0 Å². The molecular formula is C20H24N2O3. The Morgan fingerprint density at radius 2 is 1.96 bits per heavy atom. The summed E-state index contributed by atoms with van der Waals surface area (Å²) in [5, 5.41) is 5.42. The van der Waals surface area contributed by atoms with Crippen molar-refractivity contribution in [1.82, 2.24) is 5.32 Å². The Bertz CT molecular complexity index is 694. The smallest absolute Gasteiger partial charge is 0.318 e. The molecule has 25 heavy (non-hydrogen) atoms. The summed E-state index contributed by atoms with van der Waals surface area (Å²) in [6, 6.07) is 15.7. The Morgan fingerprint density at radius 3 is 2.68 bits per heavy atom. The van der Waals surface area contributed by atoms with E-state index in [4.69, 9.17) is 9.47 Å². The molecular weight excluding hydrogens is 316 g/mol. The molecule has 1 aliphatic heterocycles. The number of benzene rings is 2. The van der Waals surface area contributed by atoms with E-state index in [0.29, 0.717) is 6.61 Å². The second-order valence-electron chi connectivity index (χ2n) is 6.05. The van der Waals surface area contributed by atoms with Gasteiger partial charge in [-0.05, 0) is 36.5 Å². The number of urea groups is 1. The normalized spacial score (nSPS) is 17.1. The first-order valence-electron chi connectivity index (χ1n) is 8.66. The molecule has 0 bridgehead atoms. The summed E-state index contributed by atoms with van der Waals surface area (Å²) in [6.07, 6.45) is 3.18. The first-order valence-corrected chi connectivity index (χ1v) is 8.66. The van der Waals surface area contributed by atoms with E-state index in [9.17, 15) is 4.79 Å². The number of carbonyl (C=O) groups is 1. The molecule has 1 atom stereocenters. The van der Waals surface area contributed by atoms with Crippen molar-refractivity contribution >= 4 is 11.7 Å². The first kappa shape index (κ1) is 17.5. The van der Waals surface area contributed by atoms with E-state index in [-0.39, 0.29) is 12.3 Å². The minimum atomic E-state index is -0.232. The lowest BCUT2D eigenvalue weighted by Crippen LogP contribution is -2.24. The number of carbonyl (C=O) groups excluding carboxylic acids is 1. The summed E-state index contributed by atoms with van der Waals surface area (Å²) in [6.45, 7) is 1.34. The van der Waals surface area contributed by atoms with Gasteiger partial charge < -0.3 is 20.1 Å². The third-order valence-corrected chi connectivity index (χ3v) is 4.24. The van der Waals surface area contributed by atoms with Crippen LogP contribution in [0, 0.1) is 0 Å². The van der Waals surface area contributed by atoms with Gasteiger partial charge in [-0.25, -0.2) is 4.79 Å². The molecule has 2 N–H and O–H groups in total. The molecule has 1 saturated heterocycles. The molecule has 5 heteroatoms. The minimum Gasteiger partial charge on any atom is -0.353 e. The summed E-state index contributed by atoms with van der Waals surface area (Å²) in [4.78, 5) is 11.6. The predicted molar refractivity (Wildman–Crippen MR) is 98.3 cm³/mol. The highest BCUT2D eigenvalue weighted by atomic mass is 16.7.